The Hall–Kier alpha value is -1.39. The van der Waals surface area contributed by atoms with Gasteiger partial charge < -0.3 is 15.8 Å². The van der Waals surface area contributed by atoms with Gasteiger partial charge in [0.1, 0.15) is 0 Å². The molecule has 0 spiro atoms. The average Bonchev–Trinajstić information content (AvgIpc) is 2.38. The molecule has 1 rings (SSSR count). The van der Waals surface area contributed by atoms with Crippen LogP contribution in [0.2, 0.25) is 0 Å². The second-order valence-corrected chi connectivity index (χ2v) is 4.91. The average molecular weight is 264 g/mol. The number of nitrogens with one attached hydrogen (secondary N) is 1. The minimum Gasteiger partial charge on any atom is -0.380 e. The van der Waals surface area contributed by atoms with E-state index >= 15 is 0 Å². The van der Waals surface area contributed by atoms with E-state index in [1.807, 2.05) is 25.1 Å². The molecule has 0 bridgehead atoms. The molecule has 0 aliphatic heterocycles. The lowest BCUT2D eigenvalue weighted by Gasteiger charge is -2.22. The van der Waals surface area contributed by atoms with Gasteiger partial charge in [-0.05, 0) is 24.5 Å². The number of amides is 1. The van der Waals surface area contributed by atoms with Crippen LogP contribution >= 0.6 is 0 Å². The number of benzene rings is 1. The molecule has 0 aromatic heterocycles. The Kier molecular flexibility index (Phi) is 6.53. The number of rotatable bonds is 8. The maximum Gasteiger partial charge on any atom is 0.249 e. The number of primary amides is 1. The van der Waals surface area contributed by atoms with Crippen molar-refractivity contribution in [1.29, 1.82) is 0 Å². The minimum absolute atomic E-state index is 0.265. The summed E-state index contributed by atoms with van der Waals surface area (Å²) in [4.78, 5) is 11.3. The van der Waals surface area contributed by atoms with E-state index in [4.69, 9.17) is 10.5 Å². The van der Waals surface area contributed by atoms with E-state index in [0.717, 1.165) is 5.56 Å². The first-order valence-electron chi connectivity index (χ1n) is 6.75. The van der Waals surface area contributed by atoms with Crippen LogP contribution in [-0.4, -0.2) is 25.2 Å². The number of nitrogens with two attached hydrogens (primary N) is 1. The van der Waals surface area contributed by atoms with Crippen LogP contribution < -0.4 is 11.1 Å². The second kappa shape index (κ2) is 7.92. The third kappa shape index (κ3) is 5.01. The van der Waals surface area contributed by atoms with Gasteiger partial charge in [0, 0.05) is 24.8 Å². The molecule has 0 saturated carbocycles. The highest BCUT2D eigenvalue weighted by Crippen LogP contribution is 2.10. The predicted octanol–water partition coefficient (Wildman–Crippen LogP) is 1.94. The van der Waals surface area contributed by atoms with Crippen LogP contribution in [-0.2, 0) is 11.3 Å². The Morgan fingerprint density at radius 1 is 1.37 bits per heavy atom. The molecule has 0 radical (unpaired) electrons. The van der Waals surface area contributed by atoms with Crippen LogP contribution in [0.4, 0.5) is 0 Å². The third-order valence-electron chi connectivity index (χ3n) is 3.14. The van der Waals surface area contributed by atoms with Crippen molar-refractivity contribution in [3.05, 3.63) is 35.4 Å². The Balaban J connectivity index is 2.66. The lowest BCUT2D eigenvalue weighted by molar-refractivity contribution is 0.0998. The number of ether oxygens (including phenoxy) is 1. The first-order valence-corrected chi connectivity index (χ1v) is 6.75. The monoisotopic (exact) mass is 264 g/mol. The van der Waals surface area contributed by atoms with Gasteiger partial charge >= 0.3 is 0 Å². The Bertz CT molecular complexity index is 405. The first-order chi connectivity index (χ1) is 9.06. The molecule has 0 aliphatic rings. The van der Waals surface area contributed by atoms with Gasteiger partial charge in [-0.1, -0.05) is 32.0 Å². The molecule has 4 heteroatoms. The molecule has 0 heterocycles. The Morgan fingerprint density at radius 2 is 2.05 bits per heavy atom. The SMILES string of the molecule is CCOCC(NCc1ccccc1C(N)=O)C(C)C. The number of hydrogen-bond donors (Lipinski definition) is 2. The molecule has 1 amide bonds. The maximum atomic E-state index is 11.3. The molecular formula is C15H24N2O2. The molecule has 1 unspecified atom stereocenters. The van der Waals surface area contributed by atoms with Crippen molar-refractivity contribution < 1.29 is 9.53 Å². The zero-order valence-corrected chi connectivity index (χ0v) is 12.0. The number of carbonyl (C=O) groups excluding carboxylic acids is 1. The fraction of sp³-hybridized carbons (Fsp3) is 0.533. The summed E-state index contributed by atoms with van der Waals surface area (Å²) in [6.07, 6.45) is 0. The van der Waals surface area contributed by atoms with Crippen molar-refractivity contribution in [1.82, 2.24) is 5.32 Å². The highest BCUT2D eigenvalue weighted by molar-refractivity contribution is 5.94. The van der Waals surface area contributed by atoms with Gasteiger partial charge in [-0.15, -0.1) is 0 Å². The first kappa shape index (κ1) is 15.7. The Labute approximate surface area is 115 Å². The molecule has 3 N–H and O–H groups in total. The molecule has 1 aromatic rings. The summed E-state index contributed by atoms with van der Waals surface area (Å²) in [6.45, 7) is 8.29. The quantitative estimate of drug-likeness (QED) is 0.754. The summed E-state index contributed by atoms with van der Waals surface area (Å²) < 4.78 is 5.47. The maximum absolute atomic E-state index is 11.3. The minimum atomic E-state index is -0.386. The standard InChI is InChI=1S/C15H24N2O2/c1-4-19-10-14(11(2)3)17-9-12-7-5-6-8-13(12)15(16)18/h5-8,11,14,17H,4,9-10H2,1-3H3,(H2,16,18). The highest BCUT2D eigenvalue weighted by Gasteiger charge is 2.14. The molecule has 106 valence electrons. The molecule has 19 heavy (non-hydrogen) atoms. The smallest absolute Gasteiger partial charge is 0.249 e. The van der Waals surface area contributed by atoms with Gasteiger partial charge in [0.15, 0.2) is 0 Å². The highest BCUT2D eigenvalue weighted by atomic mass is 16.5. The largest absolute Gasteiger partial charge is 0.380 e. The second-order valence-electron chi connectivity index (χ2n) is 4.91. The number of carbonyl (C=O) groups is 1. The van der Waals surface area contributed by atoms with Gasteiger partial charge in [-0.3, -0.25) is 4.79 Å². The summed E-state index contributed by atoms with van der Waals surface area (Å²) in [5, 5.41) is 3.43. The molecule has 0 fully saturated rings. The fourth-order valence-electron chi connectivity index (χ4n) is 1.89. The summed E-state index contributed by atoms with van der Waals surface area (Å²) in [5.74, 6) is 0.0793. The van der Waals surface area contributed by atoms with Crippen LogP contribution in [0.25, 0.3) is 0 Å². The zero-order chi connectivity index (χ0) is 14.3. The summed E-state index contributed by atoms with van der Waals surface area (Å²) in [6, 6.07) is 7.68. The van der Waals surface area contributed by atoms with E-state index in [0.29, 0.717) is 31.2 Å². The Morgan fingerprint density at radius 3 is 2.63 bits per heavy atom. The van der Waals surface area contributed by atoms with E-state index in [1.165, 1.54) is 0 Å². The van der Waals surface area contributed by atoms with Crippen LogP contribution in [0.15, 0.2) is 24.3 Å². The van der Waals surface area contributed by atoms with Gasteiger partial charge in [0.2, 0.25) is 5.91 Å². The summed E-state index contributed by atoms with van der Waals surface area (Å²) in [7, 11) is 0. The van der Waals surface area contributed by atoms with Gasteiger partial charge in [0.25, 0.3) is 0 Å². The van der Waals surface area contributed by atoms with E-state index in [2.05, 4.69) is 19.2 Å². The predicted molar refractivity (Wildman–Crippen MR) is 76.9 cm³/mol. The molecule has 0 aliphatic carbocycles. The van der Waals surface area contributed by atoms with Crippen molar-refractivity contribution in [3.63, 3.8) is 0 Å². The van der Waals surface area contributed by atoms with Crippen LogP contribution in [0.1, 0.15) is 36.7 Å². The van der Waals surface area contributed by atoms with Gasteiger partial charge in [-0.2, -0.15) is 0 Å². The normalized spacial score (nSPS) is 12.6. The van der Waals surface area contributed by atoms with Crippen molar-refractivity contribution in [3.8, 4) is 0 Å². The van der Waals surface area contributed by atoms with E-state index in [9.17, 15) is 4.79 Å². The van der Waals surface area contributed by atoms with Crippen molar-refractivity contribution in [2.75, 3.05) is 13.2 Å². The molecule has 0 saturated heterocycles. The lowest BCUT2D eigenvalue weighted by Crippen LogP contribution is -2.38. The van der Waals surface area contributed by atoms with Crippen molar-refractivity contribution in [2.24, 2.45) is 11.7 Å². The molecular weight excluding hydrogens is 240 g/mol. The van der Waals surface area contributed by atoms with Gasteiger partial charge in [0.05, 0.1) is 6.61 Å². The van der Waals surface area contributed by atoms with Crippen LogP contribution in [0.3, 0.4) is 0 Å². The molecule has 4 nitrogen and oxygen atoms in total. The van der Waals surface area contributed by atoms with Crippen molar-refractivity contribution >= 4 is 5.91 Å². The molecule has 1 aromatic carbocycles. The van der Waals surface area contributed by atoms with E-state index in [1.54, 1.807) is 6.07 Å². The zero-order valence-electron chi connectivity index (χ0n) is 12.0. The summed E-state index contributed by atoms with van der Waals surface area (Å²) >= 11 is 0. The van der Waals surface area contributed by atoms with E-state index < -0.39 is 0 Å². The summed E-state index contributed by atoms with van der Waals surface area (Å²) in [5.41, 5.74) is 6.88. The number of hydrogen-bond acceptors (Lipinski definition) is 3. The fourth-order valence-corrected chi connectivity index (χ4v) is 1.89. The van der Waals surface area contributed by atoms with Crippen molar-refractivity contribution in [2.45, 2.75) is 33.4 Å². The van der Waals surface area contributed by atoms with Gasteiger partial charge in [-0.25, -0.2) is 0 Å². The topological polar surface area (TPSA) is 64.3 Å². The third-order valence-corrected chi connectivity index (χ3v) is 3.14. The lowest BCUT2D eigenvalue weighted by atomic mass is 10.0. The van der Waals surface area contributed by atoms with Crippen LogP contribution in [0.5, 0.6) is 0 Å². The molecule has 1 atom stereocenters. The van der Waals surface area contributed by atoms with E-state index in [-0.39, 0.29) is 11.9 Å². The van der Waals surface area contributed by atoms with Crippen LogP contribution in [0, 0.1) is 5.92 Å².